The van der Waals surface area contributed by atoms with Crippen molar-refractivity contribution in [1.82, 2.24) is 0 Å². The number of thioether (sulfide) groups is 1. The first-order valence-corrected chi connectivity index (χ1v) is 6.39. The Morgan fingerprint density at radius 3 is 2.60 bits per heavy atom. The van der Waals surface area contributed by atoms with Crippen LogP contribution < -0.4 is 5.73 Å². The van der Waals surface area contributed by atoms with Crippen molar-refractivity contribution in [1.29, 1.82) is 0 Å². The Kier molecular flexibility index (Phi) is 3.00. The zero-order valence-electron chi connectivity index (χ0n) is 8.94. The van der Waals surface area contributed by atoms with Crippen molar-refractivity contribution in [3.05, 3.63) is 35.9 Å². The highest BCUT2D eigenvalue weighted by Gasteiger charge is 2.41. The zero-order chi connectivity index (χ0) is 10.7. The van der Waals surface area contributed by atoms with Crippen molar-refractivity contribution < 1.29 is 0 Å². The van der Waals surface area contributed by atoms with Crippen LogP contribution in [-0.4, -0.2) is 23.4 Å². The molecule has 1 fully saturated rings. The molecule has 0 unspecified atom stereocenters. The predicted molar refractivity (Wildman–Crippen MR) is 67.5 cm³/mol. The summed E-state index contributed by atoms with van der Waals surface area (Å²) in [6.07, 6.45) is 4.71. The first-order chi connectivity index (χ1) is 7.26. The standard InChI is InChI=1S/C12H16N2S/c1-15-12(7-8-12)9-14-11(13)10-5-3-2-4-6-10/h2-6H,7-9H2,1H3,(H2,13,14). The van der Waals surface area contributed by atoms with Gasteiger partial charge in [0.15, 0.2) is 0 Å². The lowest BCUT2D eigenvalue weighted by molar-refractivity contribution is 0.902. The highest BCUT2D eigenvalue weighted by molar-refractivity contribution is 8.00. The van der Waals surface area contributed by atoms with Crippen molar-refractivity contribution in [2.75, 3.05) is 12.8 Å². The Balaban J connectivity index is 2.02. The Morgan fingerprint density at radius 1 is 1.40 bits per heavy atom. The predicted octanol–water partition coefficient (Wildman–Crippen LogP) is 2.29. The van der Waals surface area contributed by atoms with Gasteiger partial charge in [-0.25, -0.2) is 0 Å². The summed E-state index contributed by atoms with van der Waals surface area (Å²) < 4.78 is 0.402. The SMILES string of the molecule is CSC1(CN=C(N)c2ccccc2)CC1. The molecule has 0 spiro atoms. The lowest BCUT2D eigenvalue weighted by atomic mass is 10.2. The minimum absolute atomic E-state index is 0.402. The Morgan fingerprint density at radius 2 is 2.07 bits per heavy atom. The molecule has 2 N–H and O–H groups in total. The summed E-state index contributed by atoms with van der Waals surface area (Å²) in [4.78, 5) is 4.47. The molecule has 1 saturated carbocycles. The molecule has 1 aromatic rings. The van der Waals surface area contributed by atoms with Crippen LogP contribution in [0.1, 0.15) is 18.4 Å². The van der Waals surface area contributed by atoms with E-state index in [0.717, 1.165) is 12.1 Å². The van der Waals surface area contributed by atoms with Gasteiger partial charge in [0.1, 0.15) is 5.84 Å². The maximum atomic E-state index is 5.93. The number of amidine groups is 1. The number of benzene rings is 1. The van der Waals surface area contributed by atoms with E-state index in [1.165, 1.54) is 12.8 Å². The molecule has 0 aliphatic heterocycles. The van der Waals surface area contributed by atoms with Gasteiger partial charge in [-0.05, 0) is 19.1 Å². The quantitative estimate of drug-likeness (QED) is 0.624. The van der Waals surface area contributed by atoms with Gasteiger partial charge < -0.3 is 5.73 Å². The normalized spacial score (nSPS) is 18.9. The molecule has 1 aliphatic carbocycles. The molecular formula is C12H16N2S. The van der Waals surface area contributed by atoms with E-state index in [2.05, 4.69) is 11.2 Å². The lowest BCUT2D eigenvalue weighted by Gasteiger charge is -2.08. The second-order valence-corrected chi connectivity index (χ2v) is 5.23. The molecule has 3 heteroatoms. The molecule has 0 aromatic heterocycles. The average Bonchev–Trinajstić information content (AvgIpc) is 3.08. The van der Waals surface area contributed by atoms with Crippen molar-refractivity contribution >= 4 is 17.6 Å². The van der Waals surface area contributed by atoms with Gasteiger partial charge in [-0.1, -0.05) is 30.3 Å². The van der Waals surface area contributed by atoms with Crippen LogP contribution in [0.4, 0.5) is 0 Å². The summed E-state index contributed by atoms with van der Waals surface area (Å²) in [5.41, 5.74) is 6.95. The Bertz CT molecular complexity index is 355. The lowest BCUT2D eigenvalue weighted by Crippen LogP contribution is -2.17. The molecule has 0 bridgehead atoms. The number of hydrogen-bond donors (Lipinski definition) is 1. The number of nitrogens with two attached hydrogens (primary N) is 1. The molecule has 0 radical (unpaired) electrons. The summed E-state index contributed by atoms with van der Waals surface area (Å²) in [6, 6.07) is 9.95. The number of rotatable bonds is 4. The van der Waals surface area contributed by atoms with E-state index < -0.39 is 0 Å². The molecule has 0 heterocycles. The van der Waals surface area contributed by atoms with Crippen molar-refractivity contribution in [3.8, 4) is 0 Å². The van der Waals surface area contributed by atoms with Crippen LogP contribution in [0, 0.1) is 0 Å². The summed E-state index contributed by atoms with van der Waals surface area (Å²) in [5, 5.41) is 0. The Hall–Kier alpha value is -0.960. The van der Waals surface area contributed by atoms with E-state index in [0.29, 0.717) is 10.6 Å². The summed E-state index contributed by atoms with van der Waals surface area (Å²) in [7, 11) is 0. The van der Waals surface area contributed by atoms with Crippen LogP contribution in [0.25, 0.3) is 0 Å². The highest BCUT2D eigenvalue weighted by atomic mass is 32.2. The van der Waals surface area contributed by atoms with Crippen molar-refractivity contribution in [2.24, 2.45) is 10.7 Å². The second kappa shape index (κ2) is 4.27. The van der Waals surface area contributed by atoms with Gasteiger partial charge in [-0.15, -0.1) is 0 Å². The van der Waals surface area contributed by atoms with Crippen LogP contribution in [0.15, 0.2) is 35.3 Å². The summed E-state index contributed by atoms with van der Waals surface area (Å²) in [6.45, 7) is 0.856. The smallest absolute Gasteiger partial charge is 0.125 e. The van der Waals surface area contributed by atoms with Gasteiger partial charge in [0.2, 0.25) is 0 Å². The van der Waals surface area contributed by atoms with Crippen LogP contribution in [0.5, 0.6) is 0 Å². The molecule has 80 valence electrons. The highest BCUT2D eigenvalue weighted by Crippen LogP contribution is 2.47. The topological polar surface area (TPSA) is 38.4 Å². The number of hydrogen-bond acceptors (Lipinski definition) is 2. The van der Waals surface area contributed by atoms with Gasteiger partial charge in [-0.2, -0.15) is 11.8 Å². The molecule has 0 saturated heterocycles. The molecule has 1 aliphatic rings. The zero-order valence-corrected chi connectivity index (χ0v) is 9.76. The van der Waals surface area contributed by atoms with E-state index in [9.17, 15) is 0 Å². The maximum absolute atomic E-state index is 5.93. The summed E-state index contributed by atoms with van der Waals surface area (Å²) >= 11 is 1.91. The minimum Gasteiger partial charge on any atom is -0.384 e. The third-order valence-corrected chi connectivity index (χ3v) is 4.25. The Labute approximate surface area is 95.0 Å². The molecule has 1 aromatic carbocycles. The van der Waals surface area contributed by atoms with Crippen LogP contribution in [0.2, 0.25) is 0 Å². The maximum Gasteiger partial charge on any atom is 0.125 e. The van der Waals surface area contributed by atoms with Crippen molar-refractivity contribution in [3.63, 3.8) is 0 Å². The van der Waals surface area contributed by atoms with E-state index in [-0.39, 0.29) is 0 Å². The molecule has 0 amide bonds. The summed E-state index contributed by atoms with van der Waals surface area (Å²) in [5.74, 6) is 0.663. The second-order valence-electron chi connectivity index (χ2n) is 3.95. The van der Waals surface area contributed by atoms with Gasteiger partial charge >= 0.3 is 0 Å². The number of nitrogens with zero attached hydrogens (tertiary/aromatic N) is 1. The molecule has 2 nitrogen and oxygen atoms in total. The fourth-order valence-electron chi connectivity index (χ4n) is 1.50. The fraction of sp³-hybridized carbons (Fsp3) is 0.417. The monoisotopic (exact) mass is 220 g/mol. The van der Waals surface area contributed by atoms with E-state index in [4.69, 9.17) is 5.73 Å². The first-order valence-electron chi connectivity index (χ1n) is 5.16. The molecule has 15 heavy (non-hydrogen) atoms. The van der Waals surface area contributed by atoms with Crippen molar-refractivity contribution in [2.45, 2.75) is 17.6 Å². The van der Waals surface area contributed by atoms with Gasteiger partial charge in [0, 0.05) is 10.3 Å². The first kappa shape index (κ1) is 10.6. The third kappa shape index (κ3) is 2.53. The fourth-order valence-corrected chi connectivity index (χ4v) is 2.20. The number of aliphatic imine (C=N–C) groups is 1. The molecule has 0 atom stereocenters. The van der Waals surface area contributed by atoms with Gasteiger partial charge in [0.25, 0.3) is 0 Å². The molecular weight excluding hydrogens is 204 g/mol. The van der Waals surface area contributed by atoms with E-state index >= 15 is 0 Å². The largest absolute Gasteiger partial charge is 0.384 e. The van der Waals surface area contributed by atoms with E-state index in [1.54, 1.807) is 0 Å². The third-order valence-electron chi connectivity index (χ3n) is 2.85. The van der Waals surface area contributed by atoms with Gasteiger partial charge in [0.05, 0.1) is 6.54 Å². The van der Waals surface area contributed by atoms with Gasteiger partial charge in [-0.3, -0.25) is 4.99 Å². The minimum atomic E-state index is 0.402. The van der Waals surface area contributed by atoms with E-state index in [1.807, 2.05) is 42.1 Å². The van der Waals surface area contributed by atoms with Crippen LogP contribution >= 0.6 is 11.8 Å². The average molecular weight is 220 g/mol. The van der Waals surface area contributed by atoms with Crippen LogP contribution in [0.3, 0.4) is 0 Å². The molecule has 2 rings (SSSR count). The van der Waals surface area contributed by atoms with Crippen LogP contribution in [-0.2, 0) is 0 Å².